The van der Waals surface area contributed by atoms with Gasteiger partial charge in [0.05, 0.1) is 18.6 Å². The smallest absolute Gasteiger partial charge is 0.263 e. The van der Waals surface area contributed by atoms with Crippen LogP contribution in [0.25, 0.3) is 6.08 Å². The van der Waals surface area contributed by atoms with E-state index >= 15 is 0 Å². The Morgan fingerprint density at radius 2 is 1.93 bits per heavy atom. The molecule has 7 nitrogen and oxygen atoms in total. The number of methoxy groups -OCH3 is 1. The zero-order chi connectivity index (χ0) is 21.5. The number of carbonyl (C=O) groups excluding carboxylic acids is 2. The second-order valence-corrected chi connectivity index (χ2v) is 7.78. The van der Waals surface area contributed by atoms with Crippen LogP contribution in [0.4, 0.5) is 5.69 Å². The summed E-state index contributed by atoms with van der Waals surface area (Å²) < 4.78 is 16.8. The van der Waals surface area contributed by atoms with E-state index in [0.717, 1.165) is 5.56 Å². The maximum Gasteiger partial charge on any atom is 0.263 e. The van der Waals surface area contributed by atoms with Crippen molar-refractivity contribution in [1.82, 2.24) is 5.32 Å². The van der Waals surface area contributed by atoms with Crippen molar-refractivity contribution in [3.8, 4) is 17.2 Å². The van der Waals surface area contributed by atoms with Crippen LogP contribution in [0.1, 0.15) is 12.5 Å². The number of carbonyl (C=O) groups is 2. The monoisotopic (exact) mass is 444 g/mol. The summed E-state index contributed by atoms with van der Waals surface area (Å²) in [4.78, 5) is 24.5. The molecular formula is C21H20N2O5S2. The molecule has 2 aromatic carbocycles. The van der Waals surface area contributed by atoms with Gasteiger partial charge in [-0.05, 0) is 55.0 Å². The van der Waals surface area contributed by atoms with Gasteiger partial charge in [-0.1, -0.05) is 30.0 Å². The molecule has 0 aliphatic carbocycles. The van der Waals surface area contributed by atoms with Crippen LogP contribution in [0.3, 0.4) is 0 Å². The fourth-order valence-corrected chi connectivity index (χ4v) is 3.63. The Morgan fingerprint density at radius 3 is 2.57 bits per heavy atom. The highest BCUT2D eigenvalue weighted by Crippen LogP contribution is 2.32. The van der Waals surface area contributed by atoms with Crippen molar-refractivity contribution < 1.29 is 23.8 Å². The van der Waals surface area contributed by atoms with Crippen LogP contribution in [0.5, 0.6) is 17.2 Å². The van der Waals surface area contributed by atoms with Crippen molar-refractivity contribution in [2.24, 2.45) is 0 Å². The van der Waals surface area contributed by atoms with E-state index in [1.807, 2.05) is 6.92 Å². The van der Waals surface area contributed by atoms with E-state index in [4.69, 9.17) is 26.4 Å². The number of ether oxygens (including phenoxy) is 3. The minimum atomic E-state index is -0.304. The molecule has 1 saturated heterocycles. The molecule has 9 heteroatoms. The van der Waals surface area contributed by atoms with Gasteiger partial charge in [0.15, 0.2) is 18.1 Å². The van der Waals surface area contributed by atoms with Crippen molar-refractivity contribution in [3.63, 3.8) is 0 Å². The standard InChI is InChI=1S/C21H20N2O5S2/c1-3-27-17-10-13(11-18-20(25)23-21(29)30-18)4-9-16(17)28-12-19(24)22-14-5-7-15(26-2)8-6-14/h4-11H,3,12H2,1-2H3,(H,22,24)(H,23,25,29)/b18-11-. The normalized spacial score (nSPS) is 14.4. The maximum absolute atomic E-state index is 12.2. The van der Waals surface area contributed by atoms with Gasteiger partial charge in [-0.2, -0.15) is 0 Å². The molecule has 2 amide bonds. The Balaban J connectivity index is 1.66. The summed E-state index contributed by atoms with van der Waals surface area (Å²) in [7, 11) is 1.58. The molecule has 156 valence electrons. The van der Waals surface area contributed by atoms with Crippen LogP contribution < -0.4 is 24.8 Å². The predicted octanol–water partition coefficient (Wildman–Crippen LogP) is 3.60. The summed E-state index contributed by atoms with van der Waals surface area (Å²) in [5.74, 6) is 1.09. The Morgan fingerprint density at radius 1 is 1.17 bits per heavy atom. The Kier molecular flexibility index (Phi) is 7.31. The van der Waals surface area contributed by atoms with Gasteiger partial charge in [0.1, 0.15) is 10.1 Å². The molecule has 2 N–H and O–H groups in total. The van der Waals surface area contributed by atoms with Gasteiger partial charge in [0, 0.05) is 5.69 Å². The first-order valence-electron chi connectivity index (χ1n) is 9.07. The van der Waals surface area contributed by atoms with Gasteiger partial charge in [-0.25, -0.2) is 0 Å². The van der Waals surface area contributed by atoms with E-state index in [1.165, 1.54) is 11.8 Å². The summed E-state index contributed by atoms with van der Waals surface area (Å²) >= 11 is 6.21. The largest absolute Gasteiger partial charge is 0.497 e. The molecule has 0 aromatic heterocycles. The van der Waals surface area contributed by atoms with Crippen LogP contribution in [0.15, 0.2) is 47.4 Å². The van der Waals surface area contributed by atoms with Gasteiger partial charge >= 0.3 is 0 Å². The van der Waals surface area contributed by atoms with Crippen LogP contribution in [0.2, 0.25) is 0 Å². The summed E-state index contributed by atoms with van der Waals surface area (Å²) in [6, 6.07) is 12.2. The molecule has 1 aliphatic rings. The zero-order valence-electron chi connectivity index (χ0n) is 16.4. The molecule has 1 aliphatic heterocycles. The summed E-state index contributed by atoms with van der Waals surface area (Å²) in [5.41, 5.74) is 1.40. The third kappa shape index (κ3) is 5.74. The SMILES string of the molecule is CCOc1cc(/C=C2\SC(=S)NC2=O)ccc1OCC(=O)Nc1ccc(OC)cc1. The van der Waals surface area contributed by atoms with Crippen molar-refractivity contribution >= 4 is 51.9 Å². The third-order valence-electron chi connectivity index (χ3n) is 3.94. The highest BCUT2D eigenvalue weighted by atomic mass is 32.2. The number of amides is 2. The lowest BCUT2D eigenvalue weighted by molar-refractivity contribution is -0.118. The molecule has 3 rings (SSSR count). The number of nitrogens with one attached hydrogen (secondary N) is 2. The fraction of sp³-hybridized carbons (Fsp3) is 0.190. The van der Waals surface area contributed by atoms with Gasteiger partial charge in [0.2, 0.25) is 0 Å². The van der Waals surface area contributed by atoms with Crippen molar-refractivity contribution in [2.45, 2.75) is 6.92 Å². The molecule has 2 aromatic rings. The van der Waals surface area contributed by atoms with Crippen LogP contribution in [0, 0.1) is 0 Å². The van der Waals surface area contributed by atoms with Gasteiger partial charge < -0.3 is 24.8 Å². The van der Waals surface area contributed by atoms with E-state index in [-0.39, 0.29) is 18.4 Å². The molecule has 1 fully saturated rings. The first kappa shape index (κ1) is 21.7. The van der Waals surface area contributed by atoms with Crippen LogP contribution in [-0.2, 0) is 9.59 Å². The number of hydrogen-bond acceptors (Lipinski definition) is 7. The van der Waals surface area contributed by atoms with Crippen molar-refractivity contribution in [1.29, 1.82) is 0 Å². The van der Waals surface area contributed by atoms with Crippen LogP contribution in [-0.4, -0.2) is 36.5 Å². The van der Waals surface area contributed by atoms with Gasteiger partial charge in [-0.3, -0.25) is 9.59 Å². The molecule has 0 unspecified atom stereocenters. The quantitative estimate of drug-likeness (QED) is 0.475. The van der Waals surface area contributed by atoms with E-state index in [0.29, 0.717) is 38.8 Å². The van der Waals surface area contributed by atoms with Crippen LogP contribution >= 0.6 is 24.0 Å². The van der Waals surface area contributed by atoms with Crippen molar-refractivity contribution in [3.05, 3.63) is 52.9 Å². The minimum Gasteiger partial charge on any atom is -0.497 e. The fourth-order valence-electron chi connectivity index (χ4n) is 2.59. The van der Waals surface area contributed by atoms with Gasteiger partial charge in [-0.15, -0.1) is 0 Å². The number of anilines is 1. The average molecular weight is 445 g/mol. The topological polar surface area (TPSA) is 85.9 Å². The van der Waals surface area contributed by atoms with E-state index in [9.17, 15) is 9.59 Å². The van der Waals surface area contributed by atoms with Gasteiger partial charge in [0.25, 0.3) is 11.8 Å². The molecule has 0 radical (unpaired) electrons. The first-order valence-corrected chi connectivity index (χ1v) is 10.3. The van der Waals surface area contributed by atoms with E-state index < -0.39 is 0 Å². The van der Waals surface area contributed by atoms with E-state index in [1.54, 1.807) is 55.7 Å². The molecule has 0 atom stereocenters. The number of thiocarbonyl (C=S) groups is 1. The lowest BCUT2D eigenvalue weighted by atomic mass is 10.2. The second kappa shape index (κ2) is 10.1. The molecule has 0 spiro atoms. The van der Waals surface area contributed by atoms with E-state index in [2.05, 4.69) is 10.6 Å². The number of hydrogen-bond donors (Lipinski definition) is 2. The first-order chi connectivity index (χ1) is 14.5. The zero-order valence-corrected chi connectivity index (χ0v) is 18.0. The molecular weight excluding hydrogens is 424 g/mol. The highest BCUT2D eigenvalue weighted by Gasteiger charge is 2.22. The second-order valence-electron chi connectivity index (χ2n) is 6.06. The number of thioether (sulfide) groups is 1. The molecule has 0 saturated carbocycles. The lowest BCUT2D eigenvalue weighted by Crippen LogP contribution is -2.20. The average Bonchev–Trinajstić information content (AvgIpc) is 3.05. The molecule has 0 bridgehead atoms. The highest BCUT2D eigenvalue weighted by molar-refractivity contribution is 8.26. The predicted molar refractivity (Wildman–Crippen MR) is 121 cm³/mol. The lowest BCUT2D eigenvalue weighted by Gasteiger charge is -2.13. The Bertz CT molecular complexity index is 989. The number of benzene rings is 2. The maximum atomic E-state index is 12.2. The Labute approximate surface area is 183 Å². The summed E-state index contributed by atoms with van der Waals surface area (Å²) in [5, 5.41) is 5.33. The molecule has 30 heavy (non-hydrogen) atoms. The summed E-state index contributed by atoms with van der Waals surface area (Å²) in [6.07, 6.45) is 1.72. The number of rotatable bonds is 8. The molecule has 1 heterocycles. The summed E-state index contributed by atoms with van der Waals surface area (Å²) in [6.45, 7) is 2.09. The third-order valence-corrected chi connectivity index (χ3v) is 5.10. The minimum absolute atomic E-state index is 0.181. The Hall–Kier alpha value is -3.04. The van der Waals surface area contributed by atoms with Crippen molar-refractivity contribution in [2.75, 3.05) is 25.6 Å².